The number of likely N-dealkylation sites (N-methyl/N-ethyl adjacent to an activating group) is 1. The van der Waals surface area contributed by atoms with Crippen molar-refractivity contribution >= 4 is 50.7 Å². The van der Waals surface area contributed by atoms with Crippen LogP contribution in [-0.4, -0.2) is 36.1 Å². The van der Waals surface area contributed by atoms with E-state index in [1.54, 1.807) is 25.2 Å². The molecule has 1 unspecified atom stereocenters. The molecular formula is C18H16BrCl2F3N2O2. The van der Waals surface area contributed by atoms with Crippen LogP contribution < -0.4 is 5.32 Å². The largest absolute Gasteiger partial charge is 0.418 e. The van der Waals surface area contributed by atoms with Crippen LogP contribution in [0.2, 0.25) is 10.0 Å². The molecule has 28 heavy (non-hydrogen) atoms. The van der Waals surface area contributed by atoms with Gasteiger partial charge in [-0.25, -0.2) is 0 Å². The Morgan fingerprint density at radius 2 is 1.96 bits per heavy atom. The van der Waals surface area contributed by atoms with E-state index in [0.29, 0.717) is 10.6 Å². The number of aliphatic hydroxyl groups excluding tert-OH is 1. The minimum absolute atomic E-state index is 0.239. The molecule has 0 aliphatic rings. The summed E-state index contributed by atoms with van der Waals surface area (Å²) in [5.74, 6) is -0.674. The van der Waals surface area contributed by atoms with Crippen molar-refractivity contribution in [1.29, 1.82) is 0 Å². The molecule has 2 aromatic carbocycles. The fraction of sp³-hybridized carbons (Fsp3) is 0.278. The molecule has 2 aromatic rings. The molecular weight excluding hydrogens is 484 g/mol. The number of hydrogen-bond acceptors (Lipinski definition) is 3. The number of hydrogen-bond donors (Lipinski definition) is 2. The third-order valence-electron chi connectivity index (χ3n) is 4.00. The van der Waals surface area contributed by atoms with Crippen LogP contribution in [0.5, 0.6) is 0 Å². The second-order valence-electron chi connectivity index (χ2n) is 5.99. The zero-order chi connectivity index (χ0) is 21.1. The predicted octanol–water partition coefficient (Wildman–Crippen LogP) is 5.38. The van der Waals surface area contributed by atoms with E-state index >= 15 is 0 Å². The van der Waals surface area contributed by atoms with Crippen molar-refractivity contribution in [3.05, 3.63) is 62.0 Å². The van der Waals surface area contributed by atoms with Gasteiger partial charge in [0, 0.05) is 4.47 Å². The smallest absolute Gasteiger partial charge is 0.394 e. The molecule has 0 saturated carbocycles. The van der Waals surface area contributed by atoms with Crippen LogP contribution in [0.4, 0.5) is 18.9 Å². The number of halogens is 6. The van der Waals surface area contributed by atoms with Crippen LogP contribution >= 0.6 is 39.1 Å². The zero-order valence-corrected chi connectivity index (χ0v) is 17.6. The Morgan fingerprint density at radius 1 is 1.29 bits per heavy atom. The van der Waals surface area contributed by atoms with Crippen molar-refractivity contribution in [1.82, 2.24) is 4.90 Å². The van der Waals surface area contributed by atoms with Gasteiger partial charge in [0.1, 0.15) is 0 Å². The molecule has 1 atom stereocenters. The third-order valence-corrected chi connectivity index (χ3v) is 5.33. The summed E-state index contributed by atoms with van der Waals surface area (Å²) in [5, 5.41) is 12.5. The van der Waals surface area contributed by atoms with Crippen molar-refractivity contribution in [2.75, 3.05) is 25.5 Å². The van der Waals surface area contributed by atoms with Gasteiger partial charge in [-0.3, -0.25) is 9.69 Å². The molecule has 0 aliphatic heterocycles. The van der Waals surface area contributed by atoms with Crippen molar-refractivity contribution < 1.29 is 23.1 Å². The van der Waals surface area contributed by atoms with Crippen molar-refractivity contribution in [3.8, 4) is 0 Å². The number of rotatable bonds is 6. The van der Waals surface area contributed by atoms with E-state index in [1.165, 1.54) is 17.0 Å². The van der Waals surface area contributed by atoms with E-state index in [0.717, 1.165) is 6.07 Å². The standard InChI is InChI=1S/C18H16BrCl2F3N2O2/c1-26(15(9-27)11-3-2-4-13(20)17(11)21)8-16(28)25-14-6-5-10(19)7-12(14)18(22,23)24/h2-7,15,27H,8-9H2,1H3,(H,25,28). The van der Waals surface area contributed by atoms with E-state index in [-0.39, 0.29) is 28.3 Å². The molecule has 2 N–H and O–H groups in total. The van der Waals surface area contributed by atoms with Gasteiger partial charge in [0.25, 0.3) is 0 Å². The fourth-order valence-corrected chi connectivity index (χ4v) is 3.43. The molecule has 4 nitrogen and oxygen atoms in total. The molecule has 10 heteroatoms. The van der Waals surface area contributed by atoms with Crippen molar-refractivity contribution in [2.24, 2.45) is 0 Å². The zero-order valence-electron chi connectivity index (χ0n) is 14.5. The number of alkyl halides is 3. The normalized spacial score (nSPS) is 12.9. The Labute approximate surface area is 178 Å². The summed E-state index contributed by atoms with van der Waals surface area (Å²) in [5.41, 5.74) is -0.809. The number of anilines is 1. The van der Waals surface area contributed by atoms with Gasteiger partial charge < -0.3 is 10.4 Å². The summed E-state index contributed by atoms with van der Waals surface area (Å²) in [4.78, 5) is 13.8. The number of nitrogens with one attached hydrogen (secondary N) is 1. The van der Waals surface area contributed by atoms with Gasteiger partial charge in [-0.2, -0.15) is 13.2 Å². The summed E-state index contributed by atoms with van der Waals surface area (Å²) < 4.78 is 39.8. The average Bonchev–Trinajstić information content (AvgIpc) is 2.59. The predicted molar refractivity (Wildman–Crippen MR) is 107 cm³/mol. The highest BCUT2D eigenvalue weighted by Gasteiger charge is 2.34. The van der Waals surface area contributed by atoms with Gasteiger partial charge >= 0.3 is 6.18 Å². The molecule has 0 bridgehead atoms. The van der Waals surface area contributed by atoms with E-state index in [4.69, 9.17) is 23.2 Å². The SMILES string of the molecule is CN(CC(=O)Nc1ccc(Br)cc1C(F)(F)F)C(CO)c1cccc(Cl)c1Cl. The topological polar surface area (TPSA) is 52.6 Å². The first-order valence-corrected chi connectivity index (χ1v) is 9.51. The molecule has 0 saturated heterocycles. The number of benzene rings is 2. The maximum atomic E-state index is 13.2. The highest BCUT2D eigenvalue weighted by atomic mass is 79.9. The monoisotopic (exact) mass is 498 g/mol. The molecule has 0 aromatic heterocycles. The number of carbonyl (C=O) groups is 1. The lowest BCUT2D eigenvalue weighted by atomic mass is 10.1. The highest BCUT2D eigenvalue weighted by Crippen LogP contribution is 2.37. The Kier molecular flexibility index (Phi) is 7.75. The summed E-state index contributed by atoms with van der Waals surface area (Å²) in [6.45, 7) is -0.642. The fourth-order valence-electron chi connectivity index (χ4n) is 2.64. The molecule has 0 aliphatic carbocycles. The Balaban J connectivity index is 2.17. The third kappa shape index (κ3) is 5.61. The minimum Gasteiger partial charge on any atom is -0.394 e. The lowest BCUT2D eigenvalue weighted by Gasteiger charge is -2.27. The van der Waals surface area contributed by atoms with Gasteiger partial charge in [-0.05, 0) is 36.9 Å². The first kappa shape index (κ1) is 23.0. The molecule has 0 spiro atoms. The number of amides is 1. The average molecular weight is 500 g/mol. The molecule has 152 valence electrons. The van der Waals surface area contributed by atoms with Crippen LogP contribution in [0.1, 0.15) is 17.2 Å². The maximum Gasteiger partial charge on any atom is 0.418 e. The van der Waals surface area contributed by atoms with E-state index < -0.39 is 23.7 Å². The Bertz CT molecular complexity index is 865. The highest BCUT2D eigenvalue weighted by molar-refractivity contribution is 9.10. The van der Waals surface area contributed by atoms with Gasteiger partial charge in [0.05, 0.1) is 40.5 Å². The summed E-state index contributed by atoms with van der Waals surface area (Å²) in [6.07, 6.45) is -4.62. The lowest BCUT2D eigenvalue weighted by molar-refractivity contribution is -0.137. The first-order chi connectivity index (χ1) is 13.0. The van der Waals surface area contributed by atoms with Gasteiger partial charge in [-0.1, -0.05) is 51.3 Å². The van der Waals surface area contributed by atoms with Crippen LogP contribution in [0, 0.1) is 0 Å². The number of nitrogens with zero attached hydrogens (tertiary/aromatic N) is 1. The van der Waals surface area contributed by atoms with Crippen LogP contribution in [0.3, 0.4) is 0 Å². The number of carbonyl (C=O) groups excluding carboxylic acids is 1. The molecule has 0 radical (unpaired) electrons. The van der Waals surface area contributed by atoms with Crippen LogP contribution in [-0.2, 0) is 11.0 Å². The van der Waals surface area contributed by atoms with Gasteiger partial charge in [0.15, 0.2) is 0 Å². The first-order valence-electron chi connectivity index (χ1n) is 7.96. The van der Waals surface area contributed by atoms with E-state index in [2.05, 4.69) is 21.2 Å². The van der Waals surface area contributed by atoms with Gasteiger partial charge in [-0.15, -0.1) is 0 Å². The Hall–Kier alpha value is -1.32. The second-order valence-corrected chi connectivity index (χ2v) is 7.69. The van der Waals surface area contributed by atoms with Crippen LogP contribution in [0.25, 0.3) is 0 Å². The molecule has 2 rings (SSSR count). The summed E-state index contributed by atoms with van der Waals surface area (Å²) >= 11 is 15.1. The van der Waals surface area contributed by atoms with Gasteiger partial charge in [0.2, 0.25) is 5.91 Å². The maximum absolute atomic E-state index is 13.2. The quantitative estimate of drug-likeness (QED) is 0.561. The van der Waals surface area contributed by atoms with E-state index in [1.807, 2.05) is 0 Å². The molecule has 1 amide bonds. The molecule has 0 fully saturated rings. The molecule has 0 heterocycles. The Morgan fingerprint density at radius 3 is 2.57 bits per heavy atom. The van der Waals surface area contributed by atoms with Crippen molar-refractivity contribution in [3.63, 3.8) is 0 Å². The summed E-state index contributed by atoms with van der Waals surface area (Å²) in [6, 6.07) is 7.68. The van der Waals surface area contributed by atoms with Crippen molar-refractivity contribution in [2.45, 2.75) is 12.2 Å². The van der Waals surface area contributed by atoms with E-state index in [9.17, 15) is 23.1 Å². The van der Waals surface area contributed by atoms with Crippen LogP contribution in [0.15, 0.2) is 40.9 Å². The lowest BCUT2D eigenvalue weighted by Crippen LogP contribution is -2.35. The minimum atomic E-state index is -4.62. The number of aliphatic hydroxyl groups is 1. The second kappa shape index (κ2) is 9.45. The summed E-state index contributed by atoms with van der Waals surface area (Å²) in [7, 11) is 1.55.